The van der Waals surface area contributed by atoms with Crippen LogP contribution < -0.4 is 0 Å². The number of benzene rings is 7. The van der Waals surface area contributed by atoms with Gasteiger partial charge in [-0.2, -0.15) is 0 Å². The number of fused-ring (bicyclic) bond motifs is 1. The number of nitrogens with zero attached hydrogens (tertiary/aromatic N) is 1. The molecule has 0 atom stereocenters. The van der Waals surface area contributed by atoms with Crippen LogP contribution in [0.15, 0.2) is 115 Å². The third-order valence-electron chi connectivity index (χ3n) is 7.27. The fourth-order valence-electron chi connectivity index (χ4n) is 5.91. The molecule has 1 aromatic heterocycles. The van der Waals surface area contributed by atoms with E-state index in [1.54, 1.807) is 0 Å². The second kappa shape index (κ2) is 6.11. The van der Waals surface area contributed by atoms with Gasteiger partial charge in [-0.3, -0.25) is 0 Å². The van der Waals surface area contributed by atoms with Crippen molar-refractivity contribution in [2.45, 2.75) is 0 Å². The number of para-hydroxylation sites is 1. The Labute approximate surface area is 190 Å². The summed E-state index contributed by atoms with van der Waals surface area (Å²) in [6, 6.07) is 42.2. The van der Waals surface area contributed by atoms with E-state index in [0.29, 0.717) is 0 Å². The molecule has 8 rings (SSSR count). The van der Waals surface area contributed by atoms with Crippen LogP contribution in [0, 0.1) is 0 Å². The van der Waals surface area contributed by atoms with Crippen LogP contribution >= 0.6 is 0 Å². The molecule has 0 aliphatic rings. The zero-order valence-corrected chi connectivity index (χ0v) is 17.9. The highest BCUT2D eigenvalue weighted by Crippen LogP contribution is 2.48. The van der Waals surface area contributed by atoms with Crippen LogP contribution in [0.5, 0.6) is 0 Å². The van der Waals surface area contributed by atoms with Gasteiger partial charge in [0.15, 0.2) is 0 Å². The first-order valence-electron chi connectivity index (χ1n) is 11.5. The van der Waals surface area contributed by atoms with E-state index in [2.05, 4.69) is 120 Å². The van der Waals surface area contributed by atoms with E-state index in [1.165, 1.54) is 70.9 Å². The second-order valence-electron chi connectivity index (χ2n) is 8.98. The molecular weight excluding hydrogens is 398 g/mol. The zero-order valence-electron chi connectivity index (χ0n) is 17.9. The largest absolute Gasteiger partial charge is 0.309 e. The van der Waals surface area contributed by atoms with Crippen molar-refractivity contribution in [1.29, 1.82) is 0 Å². The fourth-order valence-corrected chi connectivity index (χ4v) is 5.91. The van der Waals surface area contributed by atoms with E-state index in [-0.39, 0.29) is 0 Å². The fraction of sp³-hybridized carbons (Fsp3) is 0. The molecule has 7 aromatic carbocycles. The Morgan fingerprint density at radius 1 is 0.394 bits per heavy atom. The van der Waals surface area contributed by atoms with Crippen molar-refractivity contribution in [2.75, 3.05) is 0 Å². The minimum Gasteiger partial charge on any atom is -0.309 e. The van der Waals surface area contributed by atoms with Crippen LogP contribution in [-0.4, -0.2) is 4.57 Å². The van der Waals surface area contributed by atoms with Crippen molar-refractivity contribution in [3.05, 3.63) is 115 Å². The molecule has 0 spiro atoms. The van der Waals surface area contributed by atoms with Crippen LogP contribution in [0.2, 0.25) is 0 Å². The van der Waals surface area contributed by atoms with Gasteiger partial charge in [-0.25, -0.2) is 0 Å². The Morgan fingerprint density at radius 3 is 1.94 bits per heavy atom. The smallest absolute Gasteiger partial charge is 0.0553 e. The molecule has 0 saturated carbocycles. The molecule has 33 heavy (non-hydrogen) atoms. The molecule has 1 nitrogen and oxygen atoms in total. The van der Waals surface area contributed by atoms with E-state index in [9.17, 15) is 0 Å². The maximum atomic E-state index is 2.45. The summed E-state index contributed by atoms with van der Waals surface area (Å²) in [6.45, 7) is 0. The van der Waals surface area contributed by atoms with Gasteiger partial charge in [0.05, 0.1) is 11.0 Å². The summed E-state index contributed by atoms with van der Waals surface area (Å²) in [5.41, 5.74) is 6.25. The third-order valence-corrected chi connectivity index (χ3v) is 7.27. The van der Waals surface area contributed by atoms with E-state index >= 15 is 0 Å². The lowest BCUT2D eigenvalue weighted by atomic mass is 9.88. The van der Waals surface area contributed by atoms with Crippen LogP contribution in [0.25, 0.3) is 70.9 Å². The van der Waals surface area contributed by atoms with Crippen LogP contribution in [0.4, 0.5) is 0 Å². The predicted octanol–water partition coefficient (Wildman–Crippen LogP) is 8.79. The summed E-state index contributed by atoms with van der Waals surface area (Å²) in [5.74, 6) is 0. The molecule has 0 fully saturated rings. The molecular formula is C32H19N. The SMILES string of the molecule is c1ccc(-c2cc3c4cccc5ccc6ccc7c(c6c54)c3c(c2)n7-c2ccccc2)cc1. The minimum absolute atomic E-state index is 1.20. The number of hydrogen-bond acceptors (Lipinski definition) is 0. The number of hydrogen-bond donors (Lipinski definition) is 0. The van der Waals surface area contributed by atoms with Crippen molar-refractivity contribution in [3.8, 4) is 16.8 Å². The first kappa shape index (κ1) is 17.2. The molecule has 8 aromatic rings. The predicted molar refractivity (Wildman–Crippen MR) is 141 cm³/mol. The van der Waals surface area contributed by atoms with Gasteiger partial charge in [-0.15, -0.1) is 0 Å². The Morgan fingerprint density at radius 2 is 1.12 bits per heavy atom. The standard InChI is InChI=1S/C32H19N/c1-3-8-20(9-4-1)23-18-26-25-13-7-10-21-14-15-22-16-17-27-32(30(22)29(21)25)31(26)28(19-23)33(27)24-11-5-2-6-12-24/h1-19H. The van der Waals surface area contributed by atoms with Gasteiger partial charge in [-0.05, 0) is 68.4 Å². The van der Waals surface area contributed by atoms with Gasteiger partial charge >= 0.3 is 0 Å². The number of aromatic nitrogens is 1. The topological polar surface area (TPSA) is 4.93 Å². The van der Waals surface area contributed by atoms with E-state index in [1.807, 2.05) is 0 Å². The van der Waals surface area contributed by atoms with Gasteiger partial charge in [0.2, 0.25) is 0 Å². The normalized spacial score (nSPS) is 12.2. The van der Waals surface area contributed by atoms with Crippen LogP contribution in [0.3, 0.4) is 0 Å². The first-order chi connectivity index (χ1) is 16.4. The monoisotopic (exact) mass is 417 g/mol. The highest BCUT2D eigenvalue weighted by atomic mass is 15.0. The second-order valence-corrected chi connectivity index (χ2v) is 8.98. The molecule has 1 heterocycles. The van der Waals surface area contributed by atoms with Gasteiger partial charge in [0, 0.05) is 21.8 Å². The summed E-state index contributed by atoms with van der Waals surface area (Å²) in [4.78, 5) is 0. The highest BCUT2D eigenvalue weighted by molar-refractivity contribution is 6.40. The summed E-state index contributed by atoms with van der Waals surface area (Å²) >= 11 is 0. The van der Waals surface area contributed by atoms with E-state index in [4.69, 9.17) is 0 Å². The zero-order chi connectivity index (χ0) is 21.5. The van der Waals surface area contributed by atoms with Crippen LogP contribution in [-0.2, 0) is 0 Å². The third kappa shape index (κ3) is 2.16. The quantitative estimate of drug-likeness (QED) is 0.196. The molecule has 0 N–H and O–H groups in total. The average molecular weight is 418 g/mol. The van der Waals surface area contributed by atoms with Gasteiger partial charge in [-0.1, -0.05) is 84.9 Å². The van der Waals surface area contributed by atoms with Crippen molar-refractivity contribution in [2.24, 2.45) is 0 Å². The summed E-state index contributed by atoms with van der Waals surface area (Å²) in [6.07, 6.45) is 0. The minimum atomic E-state index is 1.20. The maximum absolute atomic E-state index is 2.45. The molecule has 1 heteroatoms. The summed E-state index contributed by atoms with van der Waals surface area (Å²) in [5, 5.41) is 10.8. The molecule has 0 bridgehead atoms. The van der Waals surface area contributed by atoms with Crippen molar-refractivity contribution in [3.63, 3.8) is 0 Å². The lowest BCUT2D eigenvalue weighted by molar-refractivity contribution is 1.18. The molecule has 0 saturated heterocycles. The average Bonchev–Trinajstić information content (AvgIpc) is 3.23. The number of rotatable bonds is 2. The Balaban J connectivity index is 1.71. The Kier molecular flexibility index (Phi) is 3.19. The van der Waals surface area contributed by atoms with Crippen molar-refractivity contribution >= 4 is 54.1 Å². The van der Waals surface area contributed by atoms with Crippen LogP contribution in [0.1, 0.15) is 0 Å². The summed E-state index contributed by atoms with van der Waals surface area (Å²) in [7, 11) is 0. The van der Waals surface area contributed by atoms with Gasteiger partial charge in [0.25, 0.3) is 0 Å². The lowest BCUT2D eigenvalue weighted by Crippen LogP contribution is -1.93. The van der Waals surface area contributed by atoms with Crippen molar-refractivity contribution < 1.29 is 0 Å². The maximum Gasteiger partial charge on any atom is 0.0553 e. The van der Waals surface area contributed by atoms with E-state index in [0.717, 1.165) is 0 Å². The molecule has 0 unspecified atom stereocenters. The molecule has 0 radical (unpaired) electrons. The summed E-state index contributed by atoms with van der Waals surface area (Å²) < 4.78 is 2.45. The van der Waals surface area contributed by atoms with Gasteiger partial charge in [0.1, 0.15) is 0 Å². The Hall–Kier alpha value is -4.36. The Bertz CT molecular complexity index is 1940. The van der Waals surface area contributed by atoms with E-state index < -0.39 is 0 Å². The van der Waals surface area contributed by atoms with Gasteiger partial charge < -0.3 is 4.57 Å². The molecule has 0 amide bonds. The molecule has 0 aliphatic carbocycles. The lowest BCUT2D eigenvalue weighted by Gasteiger charge is -2.14. The highest BCUT2D eigenvalue weighted by Gasteiger charge is 2.22. The molecule has 152 valence electrons. The van der Waals surface area contributed by atoms with Crippen molar-refractivity contribution in [1.82, 2.24) is 4.57 Å². The first-order valence-corrected chi connectivity index (χ1v) is 11.5. The molecule has 0 aliphatic heterocycles.